The second kappa shape index (κ2) is 4.94. The number of benzene rings is 1. The largest absolute Gasteiger partial charge is 1.00 e. The summed E-state index contributed by atoms with van der Waals surface area (Å²) in [4.78, 5) is 0. The Balaban J connectivity index is 0.00000133. The molecule has 1 aromatic carbocycles. The van der Waals surface area contributed by atoms with Crippen LogP contribution < -0.4 is 16.8 Å². The molecule has 98 valence electrons. The monoisotopic (exact) mass is 274 g/mol. The maximum absolute atomic E-state index is 9.34. The molecule has 0 aliphatic carbocycles. The van der Waals surface area contributed by atoms with Crippen LogP contribution in [0, 0.1) is 6.92 Å². The van der Waals surface area contributed by atoms with E-state index in [4.69, 9.17) is 0 Å². The van der Waals surface area contributed by atoms with Crippen molar-refractivity contribution in [2.75, 3.05) is 0 Å². The number of hydrogen-bond acceptors (Lipinski definition) is 1. The number of pyridine rings is 1. The van der Waals surface area contributed by atoms with E-state index in [1.165, 1.54) is 5.56 Å². The Hall–Kier alpha value is -2.00. The minimum absolute atomic E-state index is 0. The number of nitrogens with zero attached hydrogens (tertiary/aromatic N) is 2. The molecule has 0 spiro atoms. The van der Waals surface area contributed by atoms with Crippen LogP contribution in [0.5, 0.6) is 5.75 Å². The first-order valence-corrected chi connectivity index (χ1v) is 5.92. The fourth-order valence-electron chi connectivity index (χ4n) is 2.25. The van der Waals surface area contributed by atoms with E-state index in [0.29, 0.717) is 5.75 Å². The third-order valence-electron chi connectivity index (χ3n) is 3.23. The molecule has 3 nitrogen and oxygen atoms in total. The van der Waals surface area contributed by atoms with E-state index in [1.807, 2.05) is 19.2 Å². The van der Waals surface area contributed by atoms with Crippen molar-refractivity contribution < 1.29 is 21.9 Å². The Bertz CT molecular complexity index is 717. The van der Waals surface area contributed by atoms with E-state index in [0.717, 1.165) is 16.9 Å². The van der Waals surface area contributed by atoms with E-state index in [-0.39, 0.29) is 12.4 Å². The van der Waals surface area contributed by atoms with Crippen molar-refractivity contribution in [3.05, 3.63) is 54.4 Å². The van der Waals surface area contributed by atoms with Crippen LogP contribution in [0.3, 0.4) is 0 Å². The van der Waals surface area contributed by atoms with Gasteiger partial charge in [0, 0.05) is 11.6 Å². The fraction of sp³-hybridized carbons (Fsp3) is 0.133. The van der Waals surface area contributed by atoms with Crippen molar-refractivity contribution in [3.63, 3.8) is 0 Å². The van der Waals surface area contributed by atoms with Crippen LogP contribution in [0.2, 0.25) is 0 Å². The van der Waals surface area contributed by atoms with Crippen LogP contribution in [0.15, 0.2) is 48.8 Å². The third kappa shape index (κ3) is 2.29. The standard InChI is InChI=1S/C15H14N2O.ClH/c1-11-3-8-15-16(2)14(10-17(15)9-11)12-4-6-13(18)7-5-12;/h3-10H,1-2H3;1H. The topological polar surface area (TPSA) is 29.3 Å². The highest BCUT2D eigenvalue weighted by atomic mass is 35.5. The average Bonchev–Trinajstić information content (AvgIpc) is 2.67. The van der Waals surface area contributed by atoms with Gasteiger partial charge in [-0.2, -0.15) is 0 Å². The minimum atomic E-state index is 0. The molecule has 4 heteroatoms. The molecule has 0 atom stereocenters. The van der Waals surface area contributed by atoms with Gasteiger partial charge < -0.3 is 17.5 Å². The fourth-order valence-corrected chi connectivity index (χ4v) is 2.25. The van der Waals surface area contributed by atoms with Gasteiger partial charge in [-0.15, -0.1) is 0 Å². The van der Waals surface area contributed by atoms with E-state index in [2.05, 4.69) is 40.4 Å². The summed E-state index contributed by atoms with van der Waals surface area (Å²) in [5.41, 5.74) is 4.59. The number of halogens is 1. The van der Waals surface area contributed by atoms with Gasteiger partial charge in [-0.1, -0.05) is 0 Å². The third-order valence-corrected chi connectivity index (χ3v) is 3.23. The number of phenolic OH excluding ortho intramolecular Hbond substituents is 1. The van der Waals surface area contributed by atoms with Gasteiger partial charge in [0.05, 0.1) is 13.2 Å². The number of rotatable bonds is 1. The lowest BCUT2D eigenvalue weighted by atomic mass is 10.1. The summed E-state index contributed by atoms with van der Waals surface area (Å²) in [6, 6.07) is 11.5. The number of aryl methyl sites for hydroxylation is 2. The molecule has 0 amide bonds. The van der Waals surface area contributed by atoms with E-state index < -0.39 is 0 Å². The number of aromatic nitrogens is 2. The molecule has 19 heavy (non-hydrogen) atoms. The molecule has 2 aromatic heterocycles. The normalized spacial score (nSPS) is 10.4. The Labute approximate surface area is 118 Å². The zero-order valence-electron chi connectivity index (χ0n) is 10.8. The van der Waals surface area contributed by atoms with Gasteiger partial charge >= 0.3 is 0 Å². The Morgan fingerprint density at radius 2 is 1.68 bits per heavy atom. The molecule has 0 saturated carbocycles. The van der Waals surface area contributed by atoms with Gasteiger partial charge in [-0.3, -0.25) is 0 Å². The summed E-state index contributed by atoms with van der Waals surface area (Å²) in [6.45, 7) is 2.08. The van der Waals surface area contributed by atoms with Gasteiger partial charge in [0.2, 0.25) is 0 Å². The predicted molar refractivity (Wildman–Crippen MR) is 70.4 cm³/mol. The quantitative estimate of drug-likeness (QED) is 0.593. The molecule has 0 aliphatic heterocycles. The first-order chi connectivity index (χ1) is 8.65. The molecule has 1 N–H and O–H groups in total. The lowest BCUT2D eigenvalue weighted by Crippen LogP contribution is -3.00. The zero-order chi connectivity index (χ0) is 12.7. The number of fused-ring (bicyclic) bond motifs is 1. The van der Waals surface area contributed by atoms with Crippen molar-refractivity contribution in [1.29, 1.82) is 0 Å². The minimum Gasteiger partial charge on any atom is -1.00 e. The zero-order valence-corrected chi connectivity index (χ0v) is 11.6. The van der Waals surface area contributed by atoms with Crippen LogP contribution in [0.25, 0.3) is 16.9 Å². The summed E-state index contributed by atoms with van der Waals surface area (Å²) in [5.74, 6) is 0.293. The van der Waals surface area contributed by atoms with Gasteiger partial charge in [-0.05, 0) is 42.8 Å². The molecule has 3 aromatic rings. The molecule has 0 bridgehead atoms. The van der Waals surface area contributed by atoms with Crippen molar-refractivity contribution in [3.8, 4) is 17.0 Å². The number of phenols is 1. The summed E-state index contributed by atoms with van der Waals surface area (Å²) in [7, 11) is 2.05. The predicted octanol–water partition coefficient (Wildman–Crippen LogP) is -0.551. The number of imidazole rings is 1. The maximum Gasteiger partial charge on any atom is 0.286 e. The van der Waals surface area contributed by atoms with Crippen molar-refractivity contribution in [2.24, 2.45) is 7.05 Å². The molecule has 3 rings (SSSR count). The van der Waals surface area contributed by atoms with E-state index in [1.54, 1.807) is 12.1 Å². The Kier molecular flexibility index (Phi) is 3.49. The first kappa shape index (κ1) is 13.4. The van der Waals surface area contributed by atoms with Crippen molar-refractivity contribution in [2.45, 2.75) is 6.92 Å². The lowest BCUT2D eigenvalue weighted by molar-refractivity contribution is -0.510. The molecular formula is C15H15ClN2O. The smallest absolute Gasteiger partial charge is 0.286 e. The SMILES string of the molecule is Cc1ccc2n(C)c(-c3ccc(O)cc3)c[n+]2c1.[Cl-]. The molecule has 0 saturated heterocycles. The summed E-state index contributed by atoms with van der Waals surface area (Å²) < 4.78 is 4.27. The highest BCUT2D eigenvalue weighted by molar-refractivity contribution is 5.62. The van der Waals surface area contributed by atoms with Crippen molar-refractivity contribution >= 4 is 5.65 Å². The van der Waals surface area contributed by atoms with Crippen LogP contribution >= 0.6 is 0 Å². The highest BCUT2D eigenvalue weighted by Crippen LogP contribution is 2.21. The Morgan fingerprint density at radius 3 is 2.37 bits per heavy atom. The summed E-state index contributed by atoms with van der Waals surface area (Å²) in [5, 5.41) is 9.34. The lowest BCUT2D eigenvalue weighted by Gasteiger charge is -1.97. The molecule has 0 radical (unpaired) electrons. The van der Waals surface area contributed by atoms with E-state index in [9.17, 15) is 5.11 Å². The highest BCUT2D eigenvalue weighted by Gasteiger charge is 2.15. The Morgan fingerprint density at radius 1 is 1.00 bits per heavy atom. The molecule has 2 heterocycles. The van der Waals surface area contributed by atoms with Crippen molar-refractivity contribution in [1.82, 2.24) is 4.57 Å². The molecule has 0 fully saturated rings. The molecule has 0 unspecified atom stereocenters. The van der Waals surface area contributed by atoms with Gasteiger partial charge in [0.25, 0.3) is 5.65 Å². The van der Waals surface area contributed by atoms with E-state index >= 15 is 0 Å². The second-order valence-electron chi connectivity index (χ2n) is 4.59. The van der Waals surface area contributed by atoms with Crippen LogP contribution in [0.1, 0.15) is 5.56 Å². The van der Waals surface area contributed by atoms with Crippen LogP contribution in [0.4, 0.5) is 0 Å². The van der Waals surface area contributed by atoms with Crippen LogP contribution in [-0.4, -0.2) is 9.67 Å². The molecular weight excluding hydrogens is 260 g/mol. The number of hydrogen-bond donors (Lipinski definition) is 1. The van der Waals surface area contributed by atoms with Gasteiger partial charge in [0.1, 0.15) is 11.9 Å². The second-order valence-corrected chi connectivity index (χ2v) is 4.59. The number of aromatic hydroxyl groups is 1. The first-order valence-electron chi connectivity index (χ1n) is 5.92. The maximum atomic E-state index is 9.34. The molecule has 0 aliphatic rings. The van der Waals surface area contributed by atoms with Crippen LogP contribution in [-0.2, 0) is 7.05 Å². The van der Waals surface area contributed by atoms with Gasteiger partial charge in [-0.25, -0.2) is 8.97 Å². The average molecular weight is 275 g/mol. The van der Waals surface area contributed by atoms with Gasteiger partial charge in [0.15, 0.2) is 5.69 Å². The summed E-state index contributed by atoms with van der Waals surface area (Å²) >= 11 is 0. The summed E-state index contributed by atoms with van der Waals surface area (Å²) in [6.07, 6.45) is 4.22.